The molecule has 2 heterocycles. The predicted octanol–water partition coefficient (Wildman–Crippen LogP) is 2.96. The van der Waals surface area contributed by atoms with Crippen molar-refractivity contribution < 1.29 is 4.42 Å². The quantitative estimate of drug-likeness (QED) is 0.655. The highest BCUT2D eigenvalue weighted by Crippen LogP contribution is 2.29. The molecule has 0 bridgehead atoms. The second kappa shape index (κ2) is 6.03. The van der Waals surface area contributed by atoms with Crippen LogP contribution < -0.4 is 11.3 Å². The van der Waals surface area contributed by atoms with Crippen LogP contribution in [0.3, 0.4) is 0 Å². The maximum Gasteiger partial charge on any atom is 0.105 e. The molecule has 5 nitrogen and oxygen atoms in total. The minimum atomic E-state index is 0.0365. The van der Waals surface area contributed by atoms with Crippen molar-refractivity contribution >= 4 is 0 Å². The van der Waals surface area contributed by atoms with Crippen LogP contribution in [0.15, 0.2) is 22.7 Å². The first-order valence-corrected chi connectivity index (χ1v) is 7.74. The lowest BCUT2D eigenvalue weighted by atomic mass is 10.0. The zero-order valence-corrected chi connectivity index (χ0v) is 12.8. The Hall–Kier alpha value is -1.59. The van der Waals surface area contributed by atoms with Gasteiger partial charge in [-0.3, -0.25) is 16.0 Å². The minimum Gasteiger partial charge on any atom is -0.466 e. The molecule has 1 saturated carbocycles. The number of furan rings is 1. The zero-order valence-electron chi connectivity index (χ0n) is 12.8. The van der Waals surface area contributed by atoms with Gasteiger partial charge >= 0.3 is 0 Å². The van der Waals surface area contributed by atoms with Crippen molar-refractivity contribution in [2.45, 2.75) is 58.0 Å². The number of hydrogen-bond donors (Lipinski definition) is 2. The third kappa shape index (κ3) is 3.04. The number of rotatable bonds is 5. The van der Waals surface area contributed by atoms with Crippen LogP contribution in [0.4, 0.5) is 0 Å². The summed E-state index contributed by atoms with van der Waals surface area (Å²) in [6.07, 6.45) is 8.02. The maximum absolute atomic E-state index is 5.73. The summed E-state index contributed by atoms with van der Waals surface area (Å²) in [4.78, 5) is 0. The van der Waals surface area contributed by atoms with E-state index < -0.39 is 0 Å². The average molecular weight is 288 g/mol. The average Bonchev–Trinajstić information content (AvgIpc) is 3.16. The Morgan fingerprint density at radius 2 is 2.19 bits per heavy atom. The molecule has 1 atom stereocenters. The molecular formula is C16H24N4O. The van der Waals surface area contributed by atoms with Crippen LogP contribution in [0.1, 0.15) is 60.5 Å². The highest BCUT2D eigenvalue weighted by molar-refractivity contribution is 5.25. The first-order chi connectivity index (χ1) is 10.2. The van der Waals surface area contributed by atoms with Gasteiger partial charge in [0.05, 0.1) is 17.8 Å². The second-order valence-electron chi connectivity index (χ2n) is 6.02. The van der Waals surface area contributed by atoms with Crippen LogP contribution in [-0.2, 0) is 6.42 Å². The van der Waals surface area contributed by atoms with E-state index in [1.54, 1.807) is 0 Å². The Bertz CT molecular complexity index is 595. The molecule has 0 radical (unpaired) electrons. The Morgan fingerprint density at radius 3 is 2.81 bits per heavy atom. The first-order valence-electron chi connectivity index (χ1n) is 7.74. The molecular weight excluding hydrogens is 264 g/mol. The fourth-order valence-corrected chi connectivity index (χ4v) is 3.32. The number of aryl methyl sites for hydroxylation is 2. The molecule has 2 aromatic rings. The molecule has 0 spiro atoms. The molecule has 3 N–H and O–H groups in total. The van der Waals surface area contributed by atoms with Gasteiger partial charge in [0.25, 0.3) is 0 Å². The van der Waals surface area contributed by atoms with Gasteiger partial charge in [0.1, 0.15) is 11.5 Å². The van der Waals surface area contributed by atoms with Crippen molar-refractivity contribution in [3.63, 3.8) is 0 Å². The largest absolute Gasteiger partial charge is 0.466 e. The summed E-state index contributed by atoms with van der Waals surface area (Å²) in [7, 11) is 0. The van der Waals surface area contributed by atoms with Gasteiger partial charge in [-0.1, -0.05) is 12.8 Å². The van der Waals surface area contributed by atoms with E-state index in [4.69, 9.17) is 15.4 Å². The van der Waals surface area contributed by atoms with E-state index in [2.05, 4.69) is 22.4 Å². The molecule has 0 aromatic carbocycles. The van der Waals surface area contributed by atoms with Crippen LogP contribution in [0.5, 0.6) is 0 Å². The summed E-state index contributed by atoms with van der Waals surface area (Å²) < 4.78 is 7.73. The number of aromatic nitrogens is 2. The summed E-state index contributed by atoms with van der Waals surface area (Å²) in [5.41, 5.74) is 5.08. The van der Waals surface area contributed by atoms with Crippen molar-refractivity contribution in [3.05, 3.63) is 41.1 Å². The lowest BCUT2D eigenvalue weighted by Crippen LogP contribution is -2.30. The molecule has 1 aliphatic carbocycles. The van der Waals surface area contributed by atoms with Gasteiger partial charge in [-0.25, -0.2) is 0 Å². The van der Waals surface area contributed by atoms with E-state index in [0.717, 1.165) is 29.2 Å². The summed E-state index contributed by atoms with van der Waals surface area (Å²) in [5, 5.41) is 4.73. The molecule has 3 rings (SSSR count). The van der Waals surface area contributed by atoms with E-state index in [-0.39, 0.29) is 6.04 Å². The van der Waals surface area contributed by atoms with Crippen molar-refractivity contribution in [3.8, 4) is 0 Å². The van der Waals surface area contributed by atoms with Crippen molar-refractivity contribution in [2.75, 3.05) is 0 Å². The molecule has 1 unspecified atom stereocenters. The van der Waals surface area contributed by atoms with Crippen LogP contribution in [0, 0.1) is 13.8 Å². The highest BCUT2D eigenvalue weighted by atomic mass is 16.3. The van der Waals surface area contributed by atoms with Gasteiger partial charge in [0.2, 0.25) is 0 Å². The van der Waals surface area contributed by atoms with Crippen molar-refractivity contribution in [1.82, 2.24) is 15.2 Å². The molecule has 1 aliphatic rings. The van der Waals surface area contributed by atoms with Crippen LogP contribution in [-0.4, -0.2) is 9.78 Å². The molecule has 5 heteroatoms. The van der Waals surface area contributed by atoms with E-state index >= 15 is 0 Å². The monoisotopic (exact) mass is 288 g/mol. The first kappa shape index (κ1) is 14.4. The minimum absolute atomic E-state index is 0.0365. The maximum atomic E-state index is 5.73. The highest BCUT2D eigenvalue weighted by Gasteiger charge is 2.20. The van der Waals surface area contributed by atoms with Gasteiger partial charge in [0.15, 0.2) is 0 Å². The third-order valence-electron chi connectivity index (χ3n) is 4.43. The number of hydrazine groups is 1. The van der Waals surface area contributed by atoms with Gasteiger partial charge in [-0.15, -0.1) is 0 Å². The molecule has 21 heavy (non-hydrogen) atoms. The number of nitrogens with zero attached hydrogens (tertiary/aromatic N) is 2. The standard InChI is InChI=1S/C16H24N4O/c1-11-9-15(12(2)21-11)16(18-17)10-13-7-8-20(19-13)14-5-3-4-6-14/h7-9,14,16,18H,3-6,10,17H2,1-2H3. The van der Waals surface area contributed by atoms with E-state index in [1.807, 2.05) is 19.9 Å². The van der Waals surface area contributed by atoms with E-state index in [9.17, 15) is 0 Å². The number of nitrogens with two attached hydrogens (primary N) is 1. The summed E-state index contributed by atoms with van der Waals surface area (Å²) >= 11 is 0. The fraction of sp³-hybridized carbons (Fsp3) is 0.562. The van der Waals surface area contributed by atoms with Crippen LogP contribution in [0.25, 0.3) is 0 Å². The van der Waals surface area contributed by atoms with Gasteiger partial charge in [-0.2, -0.15) is 5.10 Å². The van der Waals surface area contributed by atoms with E-state index in [1.165, 1.54) is 25.7 Å². The Balaban J connectivity index is 1.73. The Kier molecular flexibility index (Phi) is 4.12. The SMILES string of the molecule is Cc1cc(C(Cc2ccn(C3CCCC3)n2)NN)c(C)o1. The molecule has 1 fully saturated rings. The number of nitrogens with one attached hydrogen (secondary N) is 1. The van der Waals surface area contributed by atoms with Gasteiger partial charge in [-0.05, 0) is 38.8 Å². The van der Waals surface area contributed by atoms with E-state index in [0.29, 0.717) is 6.04 Å². The summed E-state index contributed by atoms with van der Waals surface area (Å²) in [5.74, 6) is 7.57. The second-order valence-corrected chi connectivity index (χ2v) is 6.02. The van der Waals surface area contributed by atoms with Crippen molar-refractivity contribution in [2.24, 2.45) is 5.84 Å². The predicted molar refractivity (Wildman–Crippen MR) is 81.7 cm³/mol. The van der Waals surface area contributed by atoms with Crippen molar-refractivity contribution in [1.29, 1.82) is 0 Å². The van der Waals surface area contributed by atoms with Gasteiger partial charge < -0.3 is 4.42 Å². The molecule has 0 amide bonds. The van der Waals surface area contributed by atoms with Crippen LogP contribution in [0.2, 0.25) is 0 Å². The molecule has 0 saturated heterocycles. The lowest BCUT2D eigenvalue weighted by molar-refractivity contribution is 0.454. The Morgan fingerprint density at radius 1 is 1.43 bits per heavy atom. The lowest BCUT2D eigenvalue weighted by Gasteiger charge is -2.14. The Labute approximate surface area is 125 Å². The number of hydrogen-bond acceptors (Lipinski definition) is 4. The summed E-state index contributed by atoms with van der Waals surface area (Å²) in [6.45, 7) is 3.93. The molecule has 114 valence electrons. The molecule has 2 aromatic heterocycles. The smallest absolute Gasteiger partial charge is 0.105 e. The van der Waals surface area contributed by atoms with Crippen LogP contribution >= 0.6 is 0 Å². The third-order valence-corrected chi connectivity index (χ3v) is 4.43. The zero-order chi connectivity index (χ0) is 14.8. The normalized spacial score (nSPS) is 17.5. The topological polar surface area (TPSA) is 69.0 Å². The molecule has 0 aliphatic heterocycles. The fourth-order valence-electron chi connectivity index (χ4n) is 3.32. The summed E-state index contributed by atoms with van der Waals surface area (Å²) in [6, 6.07) is 4.77. The van der Waals surface area contributed by atoms with Gasteiger partial charge in [0, 0.05) is 18.2 Å².